The lowest BCUT2D eigenvalue weighted by Crippen LogP contribution is -2.41. The van der Waals surface area contributed by atoms with Crippen molar-refractivity contribution in [1.82, 2.24) is 0 Å². The van der Waals surface area contributed by atoms with E-state index in [0.29, 0.717) is 0 Å². The zero-order valence-electron chi connectivity index (χ0n) is 12.1. The summed E-state index contributed by atoms with van der Waals surface area (Å²) >= 11 is 3.54. The van der Waals surface area contributed by atoms with E-state index in [1.54, 1.807) is 0 Å². The van der Waals surface area contributed by atoms with E-state index in [2.05, 4.69) is 40.7 Å². The Kier molecular flexibility index (Phi) is 3.94. The van der Waals surface area contributed by atoms with Crippen LogP contribution < -0.4 is 0 Å². The lowest BCUT2D eigenvalue weighted by Gasteiger charge is -2.40. The second-order valence-electron chi connectivity index (χ2n) is 6.41. The first-order chi connectivity index (χ1) is 9.79. The van der Waals surface area contributed by atoms with E-state index in [9.17, 15) is 0 Å². The molecular weight excluding hydrogens is 321 g/mol. The summed E-state index contributed by atoms with van der Waals surface area (Å²) in [4.78, 5) is 0. The molecule has 0 N–H and O–H groups in total. The molecule has 5 heteroatoms. The highest BCUT2D eigenvalue weighted by Crippen LogP contribution is 2.54. The molecule has 0 atom stereocenters. The quantitative estimate of drug-likeness (QED) is 0.754. The van der Waals surface area contributed by atoms with E-state index in [-0.39, 0.29) is 11.5 Å². The van der Waals surface area contributed by atoms with Crippen LogP contribution in [0.1, 0.15) is 36.8 Å². The summed E-state index contributed by atoms with van der Waals surface area (Å²) in [7, 11) is 16.6. The van der Waals surface area contributed by atoms with Gasteiger partial charge in [0, 0.05) is 4.47 Å². The summed E-state index contributed by atoms with van der Waals surface area (Å²) in [6, 6.07) is 6.48. The largest absolute Gasteiger partial charge is 0.400 e. The van der Waals surface area contributed by atoms with Crippen molar-refractivity contribution in [1.29, 1.82) is 0 Å². The number of halogens is 1. The molecule has 0 heterocycles. The van der Waals surface area contributed by atoms with Crippen LogP contribution in [0.3, 0.4) is 0 Å². The number of hydrogen-bond donors (Lipinski definition) is 0. The maximum absolute atomic E-state index is 5.53. The van der Waals surface area contributed by atoms with Crippen LogP contribution in [0, 0.1) is 5.41 Å². The van der Waals surface area contributed by atoms with Crippen LogP contribution >= 0.6 is 15.9 Å². The third kappa shape index (κ3) is 3.05. The first-order valence-electron chi connectivity index (χ1n) is 7.32. The van der Waals surface area contributed by atoms with Crippen molar-refractivity contribution in [3.05, 3.63) is 40.4 Å². The Morgan fingerprint density at radius 2 is 1.90 bits per heavy atom. The summed E-state index contributed by atoms with van der Waals surface area (Å²) in [6.45, 7) is 4.38. The Labute approximate surface area is 139 Å². The molecule has 1 fully saturated rings. The average molecular weight is 337 g/mol. The second kappa shape index (κ2) is 5.35. The standard InChI is InChI=1S/C16H16B3BrO/c1-10-14-8-12(20)3-2-11(14)9-15(10)6-4-13(5-7-15)21-16(17,18)19/h2-3,8,13H,1,4-7,9H2. The fourth-order valence-electron chi connectivity index (χ4n) is 3.77. The molecule has 2 aliphatic rings. The molecule has 6 radical (unpaired) electrons. The van der Waals surface area contributed by atoms with E-state index in [0.717, 1.165) is 36.6 Å². The van der Waals surface area contributed by atoms with E-state index >= 15 is 0 Å². The lowest BCUT2D eigenvalue weighted by molar-refractivity contribution is 0.00358. The SMILES string of the molecule is [B]C([B])([B])OC1CCC2(CC1)Cc1ccc(Br)cc1C2=C. The second-order valence-corrected chi connectivity index (χ2v) is 7.32. The number of allylic oxidation sites excluding steroid dienone is 1. The molecule has 0 amide bonds. The fourth-order valence-corrected chi connectivity index (χ4v) is 4.13. The zero-order valence-corrected chi connectivity index (χ0v) is 13.7. The van der Waals surface area contributed by atoms with Crippen molar-refractivity contribution in [2.45, 2.75) is 43.5 Å². The summed E-state index contributed by atoms with van der Waals surface area (Å²) in [5, 5.41) is -1.53. The Balaban J connectivity index is 1.74. The first-order valence-corrected chi connectivity index (χ1v) is 8.11. The molecule has 1 nitrogen and oxygen atoms in total. The Bertz CT molecular complexity index is 571. The van der Waals surface area contributed by atoms with Crippen LogP contribution in [-0.4, -0.2) is 34.9 Å². The van der Waals surface area contributed by atoms with Gasteiger partial charge in [0.1, 0.15) is 0 Å². The summed E-state index contributed by atoms with van der Waals surface area (Å²) < 4.78 is 6.62. The molecule has 1 saturated carbocycles. The minimum absolute atomic E-state index is 0.0406. The van der Waals surface area contributed by atoms with Crippen LogP contribution in [0.5, 0.6) is 0 Å². The van der Waals surface area contributed by atoms with Crippen molar-refractivity contribution < 1.29 is 4.74 Å². The van der Waals surface area contributed by atoms with Crippen LogP contribution in [0.2, 0.25) is 0 Å². The van der Waals surface area contributed by atoms with Gasteiger partial charge in [-0.05, 0) is 71.7 Å². The van der Waals surface area contributed by atoms with Gasteiger partial charge in [0.25, 0.3) is 0 Å². The third-order valence-corrected chi connectivity index (χ3v) is 5.32. The van der Waals surface area contributed by atoms with Gasteiger partial charge >= 0.3 is 0 Å². The Morgan fingerprint density at radius 3 is 2.52 bits per heavy atom. The van der Waals surface area contributed by atoms with Gasteiger partial charge in [0.05, 0.1) is 29.6 Å². The predicted octanol–water partition coefficient (Wildman–Crippen LogP) is 3.08. The topological polar surface area (TPSA) is 9.23 Å². The molecule has 3 rings (SSSR count). The fraction of sp³-hybridized carbons (Fsp3) is 0.500. The summed E-state index contributed by atoms with van der Waals surface area (Å²) in [5.41, 5.74) is 4.13. The molecule has 21 heavy (non-hydrogen) atoms. The van der Waals surface area contributed by atoms with Crippen molar-refractivity contribution in [2.24, 2.45) is 5.41 Å². The molecule has 102 valence electrons. The van der Waals surface area contributed by atoms with Crippen LogP contribution in [-0.2, 0) is 11.2 Å². The minimum atomic E-state index is -1.53. The lowest BCUT2D eigenvalue weighted by atomic mass is 9.52. The van der Waals surface area contributed by atoms with Crippen LogP contribution in [0.15, 0.2) is 29.3 Å². The number of hydrogen-bond acceptors (Lipinski definition) is 1. The van der Waals surface area contributed by atoms with E-state index in [4.69, 9.17) is 28.3 Å². The Morgan fingerprint density at radius 1 is 1.24 bits per heavy atom. The van der Waals surface area contributed by atoms with Crippen molar-refractivity contribution >= 4 is 45.0 Å². The van der Waals surface area contributed by atoms with Crippen molar-refractivity contribution in [2.75, 3.05) is 0 Å². The van der Waals surface area contributed by atoms with Crippen LogP contribution in [0.4, 0.5) is 0 Å². The van der Waals surface area contributed by atoms with Gasteiger partial charge in [-0.15, -0.1) is 0 Å². The minimum Gasteiger partial charge on any atom is -0.400 e. The highest BCUT2D eigenvalue weighted by molar-refractivity contribution is 9.10. The molecule has 0 unspecified atom stereocenters. The van der Waals surface area contributed by atoms with E-state index in [1.807, 2.05) is 0 Å². The van der Waals surface area contributed by atoms with Gasteiger partial charge in [-0.2, -0.15) is 0 Å². The summed E-state index contributed by atoms with van der Waals surface area (Å²) in [6.07, 6.45) is 5.03. The molecule has 2 aliphatic carbocycles. The molecular formula is C16H16B3BrO. The van der Waals surface area contributed by atoms with Crippen molar-refractivity contribution in [3.8, 4) is 0 Å². The normalized spacial score (nSPS) is 28.8. The average Bonchev–Trinajstić information content (AvgIpc) is 2.65. The predicted molar refractivity (Wildman–Crippen MR) is 92.6 cm³/mol. The third-order valence-electron chi connectivity index (χ3n) is 4.83. The Hall–Kier alpha value is -0.405. The first kappa shape index (κ1) is 15.5. The van der Waals surface area contributed by atoms with Gasteiger partial charge in [-0.25, -0.2) is 0 Å². The molecule has 1 aromatic rings. The van der Waals surface area contributed by atoms with Gasteiger partial charge in [-0.1, -0.05) is 28.6 Å². The number of rotatable bonds is 2. The van der Waals surface area contributed by atoms with Gasteiger partial charge in [0.2, 0.25) is 0 Å². The highest BCUT2D eigenvalue weighted by atomic mass is 79.9. The maximum atomic E-state index is 5.53. The smallest absolute Gasteiger partial charge is 0.0862 e. The van der Waals surface area contributed by atoms with E-state index < -0.39 is 5.30 Å². The van der Waals surface area contributed by atoms with Crippen LogP contribution in [0.25, 0.3) is 5.57 Å². The molecule has 0 aromatic heterocycles. The summed E-state index contributed by atoms with van der Waals surface area (Å²) in [5.74, 6) is 0. The van der Waals surface area contributed by atoms with Crippen molar-refractivity contribution in [3.63, 3.8) is 0 Å². The van der Waals surface area contributed by atoms with Gasteiger partial charge in [-0.3, -0.25) is 0 Å². The number of benzene rings is 1. The maximum Gasteiger partial charge on any atom is 0.0862 e. The molecule has 1 spiro atoms. The van der Waals surface area contributed by atoms with Gasteiger partial charge in [0.15, 0.2) is 0 Å². The number of fused-ring (bicyclic) bond motifs is 1. The molecule has 0 aliphatic heterocycles. The van der Waals surface area contributed by atoms with E-state index in [1.165, 1.54) is 16.7 Å². The number of ether oxygens (including phenoxy) is 1. The molecule has 0 saturated heterocycles. The monoisotopic (exact) mass is 336 g/mol. The zero-order chi connectivity index (χ0) is 15.3. The van der Waals surface area contributed by atoms with Gasteiger partial charge < -0.3 is 4.74 Å². The highest BCUT2D eigenvalue weighted by Gasteiger charge is 2.43. The molecule has 1 aromatic carbocycles. The molecule has 0 bridgehead atoms.